The molecule has 15 heavy (non-hydrogen) atoms. The summed E-state index contributed by atoms with van der Waals surface area (Å²) in [6.07, 6.45) is 5.92. The molecule has 1 saturated carbocycles. The van der Waals surface area contributed by atoms with Gasteiger partial charge in [-0.3, -0.25) is 4.57 Å². The number of hydrogen-bond acceptors (Lipinski definition) is 3. The maximum atomic E-state index is 11.9. The number of rotatable bonds is 2. The van der Waals surface area contributed by atoms with Crippen molar-refractivity contribution >= 4 is 5.95 Å². The van der Waals surface area contributed by atoms with E-state index < -0.39 is 0 Å². The topological polar surface area (TPSA) is 51.9 Å². The molecule has 0 radical (unpaired) electrons. The minimum Gasteiger partial charge on any atom is -0.357 e. The number of nitrogens with one attached hydrogen (secondary N) is 1. The van der Waals surface area contributed by atoms with E-state index in [-0.39, 0.29) is 5.69 Å². The number of anilines is 1. The fourth-order valence-corrected chi connectivity index (χ4v) is 2.32. The van der Waals surface area contributed by atoms with Crippen LogP contribution in [0.1, 0.15) is 38.1 Å². The smallest absolute Gasteiger partial charge is 0.347 e. The van der Waals surface area contributed by atoms with Crippen LogP contribution in [0.3, 0.4) is 0 Å². The van der Waals surface area contributed by atoms with Gasteiger partial charge in [0.2, 0.25) is 5.95 Å². The van der Waals surface area contributed by atoms with Gasteiger partial charge in [-0.15, -0.1) is 5.10 Å². The molecule has 0 amide bonds. The Kier molecular flexibility index (Phi) is 2.79. The van der Waals surface area contributed by atoms with E-state index in [1.165, 1.54) is 23.9 Å². The van der Waals surface area contributed by atoms with Crippen LogP contribution in [0.25, 0.3) is 0 Å². The van der Waals surface area contributed by atoms with E-state index in [9.17, 15) is 4.79 Å². The van der Waals surface area contributed by atoms with Crippen LogP contribution < -0.4 is 11.0 Å². The van der Waals surface area contributed by atoms with Crippen LogP contribution in [0.2, 0.25) is 0 Å². The van der Waals surface area contributed by atoms with Gasteiger partial charge in [-0.1, -0.05) is 19.3 Å². The van der Waals surface area contributed by atoms with Gasteiger partial charge in [0.25, 0.3) is 0 Å². The lowest BCUT2D eigenvalue weighted by atomic mass is 9.95. The molecule has 1 N–H and O–H groups in total. The van der Waals surface area contributed by atoms with Gasteiger partial charge >= 0.3 is 5.69 Å². The highest BCUT2D eigenvalue weighted by molar-refractivity contribution is 5.23. The van der Waals surface area contributed by atoms with E-state index in [1.54, 1.807) is 18.7 Å². The normalized spacial score (nSPS) is 18.0. The SMILES string of the molecule is CNc1nn(C)c(=O)n1C1CCCCC1. The zero-order chi connectivity index (χ0) is 10.8. The molecule has 1 fully saturated rings. The van der Waals surface area contributed by atoms with Crippen molar-refractivity contribution in [2.45, 2.75) is 38.1 Å². The molecule has 1 heterocycles. The Labute approximate surface area is 89.1 Å². The fraction of sp³-hybridized carbons (Fsp3) is 0.800. The first-order chi connectivity index (χ1) is 7.24. The Hall–Kier alpha value is -1.26. The summed E-state index contributed by atoms with van der Waals surface area (Å²) < 4.78 is 3.21. The van der Waals surface area contributed by atoms with Crippen molar-refractivity contribution < 1.29 is 0 Å². The highest BCUT2D eigenvalue weighted by Gasteiger charge is 2.21. The lowest BCUT2D eigenvalue weighted by Crippen LogP contribution is -2.28. The lowest BCUT2D eigenvalue weighted by Gasteiger charge is -2.22. The average molecular weight is 210 g/mol. The Morgan fingerprint density at radius 1 is 1.33 bits per heavy atom. The summed E-state index contributed by atoms with van der Waals surface area (Å²) in [4.78, 5) is 11.9. The largest absolute Gasteiger partial charge is 0.357 e. The minimum absolute atomic E-state index is 0.00810. The Bertz CT molecular complexity index is 387. The first-order valence-electron chi connectivity index (χ1n) is 5.57. The number of aromatic nitrogens is 3. The van der Waals surface area contributed by atoms with Gasteiger partial charge in [0, 0.05) is 20.1 Å². The summed E-state index contributed by atoms with van der Waals surface area (Å²) in [6, 6.07) is 0.336. The second-order valence-electron chi connectivity index (χ2n) is 4.14. The minimum atomic E-state index is -0.00810. The predicted molar refractivity (Wildman–Crippen MR) is 59.1 cm³/mol. The number of hydrogen-bond donors (Lipinski definition) is 1. The van der Waals surface area contributed by atoms with Crippen molar-refractivity contribution in [2.24, 2.45) is 7.05 Å². The molecule has 0 aromatic carbocycles. The third-order valence-corrected chi connectivity index (χ3v) is 3.12. The molecular weight excluding hydrogens is 192 g/mol. The number of aryl methyl sites for hydroxylation is 1. The zero-order valence-electron chi connectivity index (χ0n) is 9.36. The van der Waals surface area contributed by atoms with Gasteiger partial charge in [-0.05, 0) is 12.8 Å². The molecule has 5 heteroatoms. The molecule has 0 spiro atoms. The van der Waals surface area contributed by atoms with Gasteiger partial charge in [0.15, 0.2) is 0 Å². The van der Waals surface area contributed by atoms with E-state index in [1.807, 2.05) is 0 Å². The Morgan fingerprint density at radius 3 is 2.60 bits per heavy atom. The zero-order valence-corrected chi connectivity index (χ0v) is 9.36. The van der Waals surface area contributed by atoms with Crippen molar-refractivity contribution in [3.63, 3.8) is 0 Å². The Balaban J connectivity index is 2.36. The van der Waals surface area contributed by atoms with Gasteiger partial charge in [0.05, 0.1) is 0 Å². The lowest BCUT2D eigenvalue weighted by molar-refractivity contribution is 0.347. The van der Waals surface area contributed by atoms with Crippen molar-refractivity contribution in [3.8, 4) is 0 Å². The molecule has 0 aliphatic heterocycles. The fourth-order valence-electron chi connectivity index (χ4n) is 2.32. The first kappa shape index (κ1) is 10.3. The van der Waals surface area contributed by atoms with Crippen molar-refractivity contribution in [1.82, 2.24) is 14.3 Å². The summed E-state index contributed by atoms with van der Waals surface area (Å²) in [6.45, 7) is 0. The van der Waals surface area contributed by atoms with Gasteiger partial charge in [0.1, 0.15) is 0 Å². The monoisotopic (exact) mass is 210 g/mol. The predicted octanol–water partition coefficient (Wildman–Crippen LogP) is 1.13. The second-order valence-corrected chi connectivity index (χ2v) is 4.14. The van der Waals surface area contributed by atoms with E-state index in [4.69, 9.17) is 0 Å². The Morgan fingerprint density at radius 2 is 2.00 bits per heavy atom. The van der Waals surface area contributed by atoms with E-state index in [0.717, 1.165) is 12.8 Å². The molecule has 0 saturated heterocycles. The van der Waals surface area contributed by atoms with Crippen LogP contribution in [0.4, 0.5) is 5.95 Å². The molecule has 84 valence electrons. The third kappa shape index (κ3) is 1.78. The van der Waals surface area contributed by atoms with E-state index in [2.05, 4.69) is 10.4 Å². The molecule has 1 aromatic rings. The van der Waals surface area contributed by atoms with Crippen LogP contribution in [-0.4, -0.2) is 21.4 Å². The van der Waals surface area contributed by atoms with Gasteiger partial charge in [-0.25, -0.2) is 9.48 Å². The molecule has 0 atom stereocenters. The molecular formula is C10H18N4O. The highest BCUT2D eigenvalue weighted by Crippen LogP contribution is 2.28. The van der Waals surface area contributed by atoms with E-state index in [0.29, 0.717) is 12.0 Å². The quantitative estimate of drug-likeness (QED) is 0.796. The molecule has 0 unspecified atom stereocenters. The third-order valence-electron chi connectivity index (χ3n) is 3.12. The summed E-state index contributed by atoms with van der Waals surface area (Å²) in [5.41, 5.74) is -0.00810. The molecule has 1 aromatic heterocycles. The highest BCUT2D eigenvalue weighted by atomic mass is 16.2. The second kappa shape index (κ2) is 4.08. The van der Waals surface area contributed by atoms with Crippen LogP contribution in [0.5, 0.6) is 0 Å². The summed E-state index contributed by atoms with van der Waals surface area (Å²) in [5.74, 6) is 0.689. The summed E-state index contributed by atoms with van der Waals surface area (Å²) in [7, 11) is 3.50. The van der Waals surface area contributed by atoms with Crippen LogP contribution in [-0.2, 0) is 7.05 Å². The average Bonchev–Trinajstić information content (AvgIpc) is 2.56. The first-order valence-corrected chi connectivity index (χ1v) is 5.57. The van der Waals surface area contributed by atoms with Crippen molar-refractivity contribution in [3.05, 3.63) is 10.5 Å². The molecule has 1 aliphatic rings. The van der Waals surface area contributed by atoms with Crippen molar-refractivity contribution in [2.75, 3.05) is 12.4 Å². The molecule has 2 rings (SSSR count). The van der Waals surface area contributed by atoms with Gasteiger partial charge < -0.3 is 5.32 Å². The van der Waals surface area contributed by atoms with Crippen molar-refractivity contribution in [1.29, 1.82) is 0 Å². The summed E-state index contributed by atoms with van der Waals surface area (Å²) in [5, 5.41) is 7.15. The maximum absolute atomic E-state index is 11.9. The van der Waals surface area contributed by atoms with E-state index >= 15 is 0 Å². The molecule has 1 aliphatic carbocycles. The number of nitrogens with zero attached hydrogens (tertiary/aromatic N) is 3. The maximum Gasteiger partial charge on any atom is 0.347 e. The van der Waals surface area contributed by atoms with Crippen LogP contribution in [0, 0.1) is 0 Å². The molecule has 0 bridgehead atoms. The standard InChI is InChI=1S/C10H18N4O/c1-11-9-12-13(2)10(15)14(9)8-6-4-3-5-7-8/h8H,3-7H2,1-2H3,(H,11,12). The van der Waals surface area contributed by atoms with Crippen LogP contribution >= 0.6 is 0 Å². The summed E-state index contributed by atoms with van der Waals surface area (Å²) >= 11 is 0. The van der Waals surface area contributed by atoms with Crippen LogP contribution in [0.15, 0.2) is 4.79 Å². The molecule has 5 nitrogen and oxygen atoms in total. The van der Waals surface area contributed by atoms with Gasteiger partial charge in [-0.2, -0.15) is 0 Å².